The Hall–Kier alpha value is -2.40. The monoisotopic (exact) mass is 333 g/mol. The average Bonchev–Trinajstić information content (AvgIpc) is 3.13. The van der Waals surface area contributed by atoms with Crippen molar-refractivity contribution in [2.24, 2.45) is 5.92 Å². The summed E-state index contributed by atoms with van der Waals surface area (Å²) in [5.41, 5.74) is 3.32. The number of nitrogens with one attached hydrogen (secondary N) is 2. The molecule has 0 radical (unpaired) electrons. The molecule has 2 aromatic heterocycles. The first-order valence-corrected chi connectivity index (χ1v) is 9.18. The molecule has 5 heterocycles. The van der Waals surface area contributed by atoms with Crippen molar-refractivity contribution in [2.75, 3.05) is 18.4 Å². The zero-order valence-corrected chi connectivity index (χ0v) is 14.4. The van der Waals surface area contributed by atoms with E-state index in [2.05, 4.69) is 56.4 Å². The maximum absolute atomic E-state index is 4.58. The number of piperidine rings is 3. The summed E-state index contributed by atoms with van der Waals surface area (Å²) in [7, 11) is 0. The van der Waals surface area contributed by atoms with Gasteiger partial charge in [-0.05, 0) is 61.9 Å². The second-order valence-corrected chi connectivity index (χ2v) is 7.36. The summed E-state index contributed by atoms with van der Waals surface area (Å²) in [6.45, 7) is 4.80. The predicted molar refractivity (Wildman–Crippen MR) is 100 cm³/mol. The quantitative estimate of drug-likeness (QED) is 0.770. The molecule has 0 unspecified atom stereocenters. The second-order valence-electron chi connectivity index (χ2n) is 7.36. The van der Waals surface area contributed by atoms with Crippen molar-refractivity contribution in [3.63, 3.8) is 0 Å². The van der Waals surface area contributed by atoms with Crippen molar-refractivity contribution in [2.45, 2.75) is 31.8 Å². The molecule has 0 saturated carbocycles. The first-order chi connectivity index (χ1) is 12.3. The van der Waals surface area contributed by atoms with E-state index in [9.17, 15) is 0 Å². The number of aromatic amines is 1. The molecule has 3 fully saturated rings. The van der Waals surface area contributed by atoms with Gasteiger partial charge in [0.1, 0.15) is 0 Å². The zero-order valence-electron chi connectivity index (χ0n) is 14.4. The summed E-state index contributed by atoms with van der Waals surface area (Å²) >= 11 is 0. The third-order valence-electron chi connectivity index (χ3n) is 6.01. The van der Waals surface area contributed by atoms with Crippen molar-refractivity contribution >= 4 is 16.9 Å². The van der Waals surface area contributed by atoms with Gasteiger partial charge >= 0.3 is 0 Å². The number of hydrogen-bond donors (Lipinski definition) is 2. The SMILES string of the molecule is C[C@@H]1[C@@H](Nc2ncc(-c3ccc4cc[nH]c4c3)cn2)C2CCN1CC2. The van der Waals surface area contributed by atoms with Gasteiger partial charge in [-0.2, -0.15) is 0 Å². The molecule has 3 aliphatic rings. The van der Waals surface area contributed by atoms with Gasteiger partial charge in [-0.25, -0.2) is 9.97 Å². The summed E-state index contributed by atoms with van der Waals surface area (Å²) in [5.74, 6) is 1.49. The van der Waals surface area contributed by atoms with Gasteiger partial charge in [-0.1, -0.05) is 12.1 Å². The van der Waals surface area contributed by atoms with Crippen LogP contribution in [0.2, 0.25) is 0 Å². The van der Waals surface area contributed by atoms with Crippen LogP contribution in [0.4, 0.5) is 5.95 Å². The topological polar surface area (TPSA) is 56.8 Å². The van der Waals surface area contributed by atoms with E-state index in [0.29, 0.717) is 12.1 Å². The van der Waals surface area contributed by atoms with E-state index in [1.54, 1.807) is 0 Å². The molecule has 6 rings (SSSR count). The van der Waals surface area contributed by atoms with Gasteiger partial charge in [-0.15, -0.1) is 0 Å². The van der Waals surface area contributed by atoms with Crippen LogP contribution in [-0.2, 0) is 0 Å². The summed E-state index contributed by atoms with van der Waals surface area (Å²) in [6, 6.07) is 9.50. The van der Waals surface area contributed by atoms with E-state index >= 15 is 0 Å². The van der Waals surface area contributed by atoms with Crippen LogP contribution in [0, 0.1) is 5.92 Å². The zero-order chi connectivity index (χ0) is 16.8. The van der Waals surface area contributed by atoms with Crippen LogP contribution in [0.5, 0.6) is 0 Å². The van der Waals surface area contributed by atoms with Crippen LogP contribution in [-0.4, -0.2) is 45.0 Å². The second kappa shape index (κ2) is 5.85. The Balaban J connectivity index is 1.36. The van der Waals surface area contributed by atoms with E-state index in [4.69, 9.17) is 0 Å². The Bertz CT molecular complexity index is 874. The number of rotatable bonds is 3. The molecule has 5 heteroatoms. The molecule has 5 nitrogen and oxygen atoms in total. The van der Waals surface area contributed by atoms with Gasteiger partial charge in [-0.3, -0.25) is 4.90 Å². The Kier molecular flexibility index (Phi) is 3.48. The highest BCUT2D eigenvalue weighted by Gasteiger charge is 2.39. The highest BCUT2D eigenvalue weighted by atomic mass is 15.2. The fourth-order valence-electron chi connectivity index (χ4n) is 4.47. The van der Waals surface area contributed by atoms with Crippen LogP contribution in [0.15, 0.2) is 42.9 Å². The number of fused-ring (bicyclic) bond motifs is 4. The Morgan fingerprint density at radius 2 is 1.88 bits per heavy atom. The van der Waals surface area contributed by atoms with Crippen LogP contribution in [0.3, 0.4) is 0 Å². The molecule has 3 aromatic rings. The molecule has 25 heavy (non-hydrogen) atoms. The van der Waals surface area contributed by atoms with E-state index < -0.39 is 0 Å². The van der Waals surface area contributed by atoms with E-state index in [1.165, 1.54) is 31.3 Å². The highest BCUT2D eigenvalue weighted by molar-refractivity contribution is 5.84. The van der Waals surface area contributed by atoms with E-state index in [-0.39, 0.29) is 0 Å². The van der Waals surface area contributed by atoms with Gasteiger partial charge in [0.25, 0.3) is 0 Å². The lowest BCUT2D eigenvalue weighted by Crippen LogP contribution is -2.59. The maximum Gasteiger partial charge on any atom is 0.222 e. The minimum absolute atomic E-state index is 0.462. The number of aromatic nitrogens is 3. The van der Waals surface area contributed by atoms with Crippen molar-refractivity contribution in [3.8, 4) is 11.1 Å². The number of nitrogens with zero attached hydrogens (tertiary/aromatic N) is 3. The van der Waals surface area contributed by atoms with Crippen LogP contribution in [0.25, 0.3) is 22.0 Å². The average molecular weight is 333 g/mol. The molecule has 2 bridgehead atoms. The maximum atomic E-state index is 4.58. The molecule has 0 spiro atoms. The minimum atomic E-state index is 0.462. The Morgan fingerprint density at radius 3 is 2.64 bits per heavy atom. The van der Waals surface area contributed by atoms with Gasteiger partial charge in [0, 0.05) is 41.8 Å². The molecule has 0 aliphatic carbocycles. The van der Waals surface area contributed by atoms with Crippen LogP contribution < -0.4 is 5.32 Å². The predicted octanol–water partition coefficient (Wildman–Crippen LogP) is 3.52. The lowest BCUT2D eigenvalue weighted by Gasteiger charge is -2.49. The molecular formula is C20H23N5. The summed E-state index contributed by atoms with van der Waals surface area (Å²) in [5, 5.41) is 4.82. The lowest BCUT2D eigenvalue weighted by molar-refractivity contribution is 0.0455. The van der Waals surface area contributed by atoms with Crippen molar-refractivity contribution in [1.29, 1.82) is 0 Å². The third kappa shape index (κ3) is 2.59. The minimum Gasteiger partial charge on any atom is -0.361 e. The van der Waals surface area contributed by atoms with Gasteiger partial charge < -0.3 is 10.3 Å². The molecule has 0 amide bonds. The van der Waals surface area contributed by atoms with E-state index in [1.807, 2.05) is 18.6 Å². The number of H-pyrrole nitrogens is 1. The summed E-state index contributed by atoms with van der Waals surface area (Å²) in [6.07, 6.45) is 8.39. The number of anilines is 1. The fraction of sp³-hybridized carbons (Fsp3) is 0.400. The molecule has 2 N–H and O–H groups in total. The van der Waals surface area contributed by atoms with Gasteiger partial charge in [0.2, 0.25) is 5.95 Å². The standard InChI is InChI=1S/C20H23N5/c1-13-19(15-5-8-25(13)9-6-15)24-20-22-11-17(12-23-20)16-3-2-14-4-7-21-18(14)10-16/h2-4,7,10-13,15,19,21H,5-6,8-9H2,1H3,(H,22,23,24)/t13-,19-/m1/s1. The van der Waals surface area contributed by atoms with Crippen molar-refractivity contribution < 1.29 is 0 Å². The Morgan fingerprint density at radius 1 is 1.08 bits per heavy atom. The highest BCUT2D eigenvalue weighted by Crippen LogP contribution is 2.33. The van der Waals surface area contributed by atoms with Crippen molar-refractivity contribution in [1.82, 2.24) is 19.9 Å². The summed E-state index contributed by atoms with van der Waals surface area (Å²) < 4.78 is 0. The van der Waals surface area contributed by atoms with Crippen LogP contribution in [0.1, 0.15) is 19.8 Å². The van der Waals surface area contributed by atoms with Crippen LogP contribution >= 0.6 is 0 Å². The van der Waals surface area contributed by atoms with E-state index in [0.717, 1.165) is 28.5 Å². The molecular weight excluding hydrogens is 310 g/mol. The molecule has 2 atom stereocenters. The normalized spacial score (nSPS) is 28.4. The first kappa shape index (κ1) is 14.9. The molecule has 3 saturated heterocycles. The number of benzene rings is 1. The largest absolute Gasteiger partial charge is 0.361 e. The van der Waals surface area contributed by atoms with Gasteiger partial charge in [0.15, 0.2) is 0 Å². The van der Waals surface area contributed by atoms with Crippen molar-refractivity contribution in [3.05, 3.63) is 42.9 Å². The molecule has 1 aromatic carbocycles. The smallest absolute Gasteiger partial charge is 0.222 e. The first-order valence-electron chi connectivity index (χ1n) is 9.18. The molecule has 3 aliphatic heterocycles. The summed E-state index contributed by atoms with van der Waals surface area (Å²) in [4.78, 5) is 15.0. The third-order valence-corrected chi connectivity index (χ3v) is 6.01. The van der Waals surface area contributed by atoms with Gasteiger partial charge in [0.05, 0.1) is 0 Å². The molecule has 128 valence electrons. The lowest BCUT2D eigenvalue weighted by atomic mass is 9.79. The number of hydrogen-bond acceptors (Lipinski definition) is 4. The fourth-order valence-corrected chi connectivity index (χ4v) is 4.47. The Labute approximate surface area is 147 Å².